The van der Waals surface area contributed by atoms with Gasteiger partial charge in [-0.1, -0.05) is 24.3 Å². The van der Waals surface area contributed by atoms with Crippen molar-refractivity contribution in [2.24, 2.45) is 5.92 Å². The zero-order valence-corrected chi connectivity index (χ0v) is 14.2. The third-order valence-corrected chi connectivity index (χ3v) is 4.18. The molecule has 126 valence electrons. The maximum atomic E-state index is 11.1. The van der Waals surface area contributed by atoms with Gasteiger partial charge < -0.3 is 10.6 Å². The van der Waals surface area contributed by atoms with E-state index in [-0.39, 0.29) is 11.9 Å². The lowest BCUT2D eigenvalue weighted by Crippen LogP contribution is -2.31. The topological polar surface area (TPSA) is 66.9 Å². The van der Waals surface area contributed by atoms with Gasteiger partial charge in [-0.05, 0) is 43.2 Å². The van der Waals surface area contributed by atoms with Crippen molar-refractivity contribution in [1.82, 2.24) is 15.3 Å². The number of amides is 1. The Kier molecular flexibility index (Phi) is 5.08. The second-order valence-electron chi connectivity index (χ2n) is 6.62. The molecule has 2 aromatic rings. The molecule has 5 heteroatoms. The lowest BCUT2D eigenvalue weighted by Gasteiger charge is -2.12. The Morgan fingerprint density at radius 1 is 1.17 bits per heavy atom. The number of nitrogens with zero attached hydrogens (tertiary/aromatic N) is 2. The summed E-state index contributed by atoms with van der Waals surface area (Å²) in [5.41, 5.74) is 3.30. The van der Waals surface area contributed by atoms with Crippen molar-refractivity contribution >= 4 is 11.9 Å². The molecule has 1 amide bonds. The summed E-state index contributed by atoms with van der Waals surface area (Å²) >= 11 is 0. The summed E-state index contributed by atoms with van der Waals surface area (Å²) in [4.78, 5) is 19.8. The highest BCUT2D eigenvalue weighted by Gasteiger charge is 2.20. The zero-order chi connectivity index (χ0) is 16.9. The molecule has 0 saturated heterocycles. The van der Waals surface area contributed by atoms with E-state index in [1.807, 2.05) is 19.3 Å². The normalized spacial score (nSPS) is 14.9. The molecule has 1 aliphatic rings. The first kappa shape index (κ1) is 16.4. The van der Waals surface area contributed by atoms with Crippen LogP contribution in [-0.2, 0) is 11.2 Å². The molecule has 1 saturated carbocycles. The first-order valence-electron chi connectivity index (χ1n) is 8.52. The zero-order valence-electron chi connectivity index (χ0n) is 14.2. The van der Waals surface area contributed by atoms with E-state index in [2.05, 4.69) is 44.9 Å². The summed E-state index contributed by atoms with van der Waals surface area (Å²) in [5.74, 6) is 1.51. The molecule has 5 nitrogen and oxygen atoms in total. The van der Waals surface area contributed by atoms with Gasteiger partial charge in [-0.2, -0.15) is 0 Å². The predicted molar refractivity (Wildman–Crippen MR) is 95.7 cm³/mol. The van der Waals surface area contributed by atoms with Gasteiger partial charge in [-0.3, -0.25) is 4.79 Å². The number of carbonyl (C=O) groups excluding carboxylic acids is 1. The lowest BCUT2D eigenvalue weighted by atomic mass is 10.0. The number of hydrogen-bond donors (Lipinski definition) is 2. The molecule has 2 N–H and O–H groups in total. The SMILES string of the molecule is CC(=O)NC(C)Cc1ccc(-c2cnc(NCC3CC3)nc2)cc1. The van der Waals surface area contributed by atoms with Gasteiger partial charge in [0.2, 0.25) is 11.9 Å². The minimum absolute atomic E-state index is 0.00616. The number of anilines is 1. The number of carbonyl (C=O) groups is 1. The molecule has 24 heavy (non-hydrogen) atoms. The molecular formula is C19H24N4O. The van der Waals surface area contributed by atoms with Crippen LogP contribution in [0.5, 0.6) is 0 Å². The summed E-state index contributed by atoms with van der Waals surface area (Å²) in [5, 5.41) is 6.18. The van der Waals surface area contributed by atoms with Crippen molar-refractivity contribution in [3.05, 3.63) is 42.2 Å². The molecule has 1 aromatic heterocycles. The Bertz CT molecular complexity index is 678. The van der Waals surface area contributed by atoms with Gasteiger partial charge in [-0.15, -0.1) is 0 Å². The van der Waals surface area contributed by atoms with Crippen LogP contribution in [0.3, 0.4) is 0 Å². The summed E-state index contributed by atoms with van der Waals surface area (Å²) in [6.07, 6.45) is 7.17. The van der Waals surface area contributed by atoms with Crippen molar-refractivity contribution in [1.29, 1.82) is 0 Å². The highest BCUT2D eigenvalue weighted by atomic mass is 16.1. The minimum atomic E-state index is 0.00616. The summed E-state index contributed by atoms with van der Waals surface area (Å²) in [7, 11) is 0. The number of rotatable bonds is 7. The molecule has 1 aromatic carbocycles. The first-order chi connectivity index (χ1) is 11.6. The minimum Gasteiger partial charge on any atom is -0.354 e. The van der Waals surface area contributed by atoms with Crippen LogP contribution in [0.1, 0.15) is 32.3 Å². The van der Waals surface area contributed by atoms with Crippen LogP contribution in [0.4, 0.5) is 5.95 Å². The fourth-order valence-corrected chi connectivity index (χ4v) is 2.71. The summed E-state index contributed by atoms with van der Waals surface area (Å²) in [6.45, 7) is 4.53. The Hall–Kier alpha value is -2.43. The van der Waals surface area contributed by atoms with Gasteiger partial charge >= 0.3 is 0 Å². The Morgan fingerprint density at radius 3 is 2.42 bits per heavy atom. The van der Waals surface area contributed by atoms with Gasteiger partial charge in [0.05, 0.1) is 0 Å². The first-order valence-corrected chi connectivity index (χ1v) is 8.52. The van der Waals surface area contributed by atoms with E-state index < -0.39 is 0 Å². The van der Waals surface area contributed by atoms with Crippen molar-refractivity contribution in [3.63, 3.8) is 0 Å². The molecule has 0 spiro atoms. The highest BCUT2D eigenvalue weighted by molar-refractivity contribution is 5.73. The van der Waals surface area contributed by atoms with Crippen molar-refractivity contribution in [2.45, 2.75) is 39.2 Å². The second kappa shape index (κ2) is 7.43. The molecule has 1 atom stereocenters. The van der Waals surface area contributed by atoms with E-state index in [0.29, 0.717) is 5.95 Å². The second-order valence-corrected chi connectivity index (χ2v) is 6.62. The Balaban J connectivity index is 1.58. The molecule has 0 radical (unpaired) electrons. The van der Waals surface area contributed by atoms with Crippen LogP contribution >= 0.6 is 0 Å². The van der Waals surface area contributed by atoms with Gasteiger partial charge in [0.25, 0.3) is 0 Å². The fourth-order valence-electron chi connectivity index (χ4n) is 2.71. The molecular weight excluding hydrogens is 300 g/mol. The maximum Gasteiger partial charge on any atom is 0.222 e. The van der Waals surface area contributed by atoms with Gasteiger partial charge in [-0.25, -0.2) is 9.97 Å². The van der Waals surface area contributed by atoms with Crippen LogP contribution < -0.4 is 10.6 Å². The summed E-state index contributed by atoms with van der Waals surface area (Å²) in [6, 6.07) is 8.46. The van der Waals surface area contributed by atoms with Gasteiger partial charge in [0.1, 0.15) is 0 Å². The molecule has 1 aliphatic carbocycles. The smallest absolute Gasteiger partial charge is 0.222 e. The number of nitrogens with one attached hydrogen (secondary N) is 2. The average molecular weight is 324 g/mol. The largest absolute Gasteiger partial charge is 0.354 e. The van der Waals surface area contributed by atoms with E-state index in [1.54, 1.807) is 6.92 Å². The van der Waals surface area contributed by atoms with Crippen LogP contribution in [0.2, 0.25) is 0 Å². The monoisotopic (exact) mass is 324 g/mol. The predicted octanol–water partition coefficient (Wildman–Crippen LogP) is 3.03. The third-order valence-electron chi connectivity index (χ3n) is 4.18. The standard InChI is InChI=1S/C19H24N4O/c1-13(23-14(2)24)9-15-5-7-17(8-6-15)18-11-21-19(22-12-18)20-10-16-3-4-16/h5-8,11-13,16H,3-4,9-10H2,1-2H3,(H,23,24)(H,20,21,22). The van der Waals surface area contributed by atoms with E-state index in [1.165, 1.54) is 18.4 Å². The molecule has 1 unspecified atom stereocenters. The lowest BCUT2D eigenvalue weighted by molar-refractivity contribution is -0.119. The molecule has 1 heterocycles. The van der Waals surface area contributed by atoms with Crippen LogP contribution in [0.15, 0.2) is 36.7 Å². The molecule has 0 aliphatic heterocycles. The van der Waals surface area contributed by atoms with E-state index in [0.717, 1.165) is 30.0 Å². The van der Waals surface area contributed by atoms with Crippen molar-refractivity contribution < 1.29 is 4.79 Å². The molecule has 0 bridgehead atoms. The molecule has 1 fully saturated rings. The number of aromatic nitrogens is 2. The fraction of sp³-hybridized carbons (Fsp3) is 0.421. The molecule has 3 rings (SSSR count). The van der Waals surface area contributed by atoms with Crippen molar-refractivity contribution in [3.8, 4) is 11.1 Å². The Morgan fingerprint density at radius 2 is 1.83 bits per heavy atom. The summed E-state index contributed by atoms with van der Waals surface area (Å²) < 4.78 is 0. The van der Waals surface area contributed by atoms with Crippen molar-refractivity contribution in [2.75, 3.05) is 11.9 Å². The highest BCUT2D eigenvalue weighted by Crippen LogP contribution is 2.28. The average Bonchev–Trinajstić information content (AvgIpc) is 3.38. The quantitative estimate of drug-likeness (QED) is 0.821. The third kappa shape index (κ3) is 4.78. The van der Waals surface area contributed by atoms with E-state index in [4.69, 9.17) is 0 Å². The number of hydrogen-bond acceptors (Lipinski definition) is 4. The van der Waals surface area contributed by atoms with E-state index >= 15 is 0 Å². The van der Waals surface area contributed by atoms with Crippen LogP contribution in [-0.4, -0.2) is 28.5 Å². The van der Waals surface area contributed by atoms with E-state index in [9.17, 15) is 4.79 Å². The van der Waals surface area contributed by atoms with Crippen LogP contribution in [0.25, 0.3) is 11.1 Å². The van der Waals surface area contributed by atoms with Gasteiger partial charge in [0, 0.05) is 37.5 Å². The maximum absolute atomic E-state index is 11.1. The van der Waals surface area contributed by atoms with Crippen LogP contribution in [0, 0.1) is 5.92 Å². The number of benzene rings is 1. The Labute approximate surface area is 142 Å². The van der Waals surface area contributed by atoms with Gasteiger partial charge in [0.15, 0.2) is 0 Å².